The Kier molecular flexibility index (Phi) is 3.67. The van der Waals surface area contributed by atoms with E-state index in [1.807, 2.05) is 12.1 Å². The molecule has 0 aromatic heterocycles. The maximum atomic E-state index is 14.2. The lowest BCUT2D eigenvalue weighted by Gasteiger charge is -2.20. The van der Waals surface area contributed by atoms with Gasteiger partial charge in [-0.2, -0.15) is 0 Å². The van der Waals surface area contributed by atoms with Crippen LogP contribution in [0.4, 0.5) is 4.39 Å². The second kappa shape index (κ2) is 5.05. The molecule has 0 bridgehead atoms. The zero-order valence-electron chi connectivity index (χ0n) is 10.7. The molecule has 0 amide bonds. The van der Waals surface area contributed by atoms with E-state index in [9.17, 15) is 4.39 Å². The molecule has 0 radical (unpaired) electrons. The number of ether oxygens (including phenoxy) is 1. The summed E-state index contributed by atoms with van der Waals surface area (Å²) < 4.78 is 19.2. The Morgan fingerprint density at radius 2 is 2.24 bits per heavy atom. The van der Waals surface area contributed by atoms with Crippen LogP contribution in [-0.4, -0.2) is 13.7 Å². The van der Waals surface area contributed by atoms with Gasteiger partial charge < -0.3 is 10.1 Å². The minimum Gasteiger partial charge on any atom is -0.494 e. The largest absolute Gasteiger partial charge is 0.494 e. The summed E-state index contributed by atoms with van der Waals surface area (Å²) in [6.45, 7) is 5.12. The highest BCUT2D eigenvalue weighted by atomic mass is 19.1. The molecule has 1 saturated carbocycles. The third kappa shape index (κ3) is 2.44. The predicted molar refractivity (Wildman–Crippen MR) is 66.6 cm³/mol. The summed E-state index contributed by atoms with van der Waals surface area (Å²) in [5, 5.41) is 3.39. The molecule has 1 N–H and O–H groups in total. The summed E-state index contributed by atoms with van der Waals surface area (Å²) in [7, 11) is 1.50. The Balaban J connectivity index is 2.29. The number of rotatable bonds is 5. The van der Waals surface area contributed by atoms with Crippen molar-refractivity contribution >= 4 is 0 Å². The zero-order chi connectivity index (χ0) is 12.4. The molecule has 0 saturated heterocycles. The molecular weight excluding hydrogens is 217 g/mol. The van der Waals surface area contributed by atoms with E-state index < -0.39 is 0 Å². The number of hydrogen-bond acceptors (Lipinski definition) is 2. The van der Waals surface area contributed by atoms with E-state index in [0.717, 1.165) is 12.1 Å². The summed E-state index contributed by atoms with van der Waals surface area (Å²) in [4.78, 5) is 0. The van der Waals surface area contributed by atoms with Gasteiger partial charge in [-0.15, -0.1) is 0 Å². The lowest BCUT2D eigenvalue weighted by Crippen LogP contribution is -2.24. The molecule has 1 aromatic rings. The Bertz CT molecular complexity index is 394. The molecule has 2 nitrogen and oxygen atoms in total. The van der Waals surface area contributed by atoms with Crippen LogP contribution < -0.4 is 10.1 Å². The topological polar surface area (TPSA) is 21.3 Å². The van der Waals surface area contributed by atoms with Gasteiger partial charge in [-0.3, -0.25) is 0 Å². The molecule has 0 aliphatic heterocycles. The molecule has 0 heterocycles. The van der Waals surface area contributed by atoms with Crippen molar-refractivity contribution in [1.82, 2.24) is 5.32 Å². The van der Waals surface area contributed by atoms with Crippen LogP contribution in [0.3, 0.4) is 0 Å². The molecule has 2 rings (SSSR count). The first-order chi connectivity index (χ1) is 8.19. The van der Waals surface area contributed by atoms with Gasteiger partial charge in [0.1, 0.15) is 0 Å². The summed E-state index contributed by atoms with van der Waals surface area (Å²) in [6.07, 6.45) is 1.17. The molecule has 94 valence electrons. The Labute approximate surface area is 102 Å². The molecule has 0 spiro atoms. The molecule has 3 heteroatoms. The van der Waals surface area contributed by atoms with Crippen LogP contribution in [0.2, 0.25) is 0 Å². The SMILES string of the molecule is CCNC(c1cccc(OC)c1F)C1CC1C. The molecular formula is C14H20FNO. The molecule has 1 aromatic carbocycles. The van der Waals surface area contributed by atoms with Gasteiger partial charge in [0.15, 0.2) is 11.6 Å². The van der Waals surface area contributed by atoms with E-state index in [1.165, 1.54) is 13.5 Å². The van der Waals surface area contributed by atoms with Crippen LogP contribution >= 0.6 is 0 Å². The Morgan fingerprint density at radius 3 is 2.76 bits per heavy atom. The van der Waals surface area contributed by atoms with E-state index in [2.05, 4.69) is 19.2 Å². The second-order valence-corrected chi connectivity index (χ2v) is 4.78. The lowest BCUT2D eigenvalue weighted by atomic mass is 10.00. The minimum absolute atomic E-state index is 0.116. The molecule has 1 aliphatic rings. The van der Waals surface area contributed by atoms with Crippen molar-refractivity contribution in [1.29, 1.82) is 0 Å². The van der Waals surface area contributed by atoms with Crippen LogP contribution in [0.15, 0.2) is 18.2 Å². The first kappa shape index (κ1) is 12.4. The van der Waals surface area contributed by atoms with Crippen LogP contribution in [0.5, 0.6) is 5.75 Å². The van der Waals surface area contributed by atoms with E-state index in [1.54, 1.807) is 6.07 Å². The number of halogens is 1. The van der Waals surface area contributed by atoms with Crippen molar-refractivity contribution in [3.63, 3.8) is 0 Å². The van der Waals surface area contributed by atoms with Gasteiger partial charge in [0.05, 0.1) is 7.11 Å². The number of benzene rings is 1. The average molecular weight is 237 g/mol. The number of hydrogen-bond donors (Lipinski definition) is 1. The number of nitrogens with one attached hydrogen (secondary N) is 1. The fourth-order valence-electron chi connectivity index (χ4n) is 2.45. The summed E-state index contributed by atoms with van der Waals surface area (Å²) >= 11 is 0. The van der Waals surface area contributed by atoms with Gasteiger partial charge >= 0.3 is 0 Å². The Morgan fingerprint density at radius 1 is 1.53 bits per heavy atom. The minimum atomic E-state index is -0.222. The number of methoxy groups -OCH3 is 1. The first-order valence-electron chi connectivity index (χ1n) is 6.24. The molecule has 17 heavy (non-hydrogen) atoms. The highest BCUT2D eigenvalue weighted by molar-refractivity contribution is 5.34. The van der Waals surface area contributed by atoms with Crippen molar-refractivity contribution in [3.05, 3.63) is 29.6 Å². The maximum Gasteiger partial charge on any atom is 0.169 e. The quantitative estimate of drug-likeness (QED) is 0.849. The summed E-state index contributed by atoms with van der Waals surface area (Å²) in [5.74, 6) is 1.35. The molecule has 1 aliphatic carbocycles. The smallest absolute Gasteiger partial charge is 0.169 e. The van der Waals surface area contributed by atoms with Gasteiger partial charge in [0.2, 0.25) is 0 Å². The fraction of sp³-hybridized carbons (Fsp3) is 0.571. The monoisotopic (exact) mass is 237 g/mol. The van der Waals surface area contributed by atoms with E-state index in [4.69, 9.17) is 4.74 Å². The van der Waals surface area contributed by atoms with Gasteiger partial charge in [-0.1, -0.05) is 26.0 Å². The molecule has 1 fully saturated rings. The van der Waals surface area contributed by atoms with Gasteiger partial charge in [0.25, 0.3) is 0 Å². The lowest BCUT2D eigenvalue weighted by molar-refractivity contribution is 0.375. The van der Waals surface area contributed by atoms with Gasteiger partial charge in [-0.25, -0.2) is 4.39 Å². The normalized spacial score (nSPS) is 24.5. The highest BCUT2D eigenvalue weighted by Gasteiger charge is 2.40. The zero-order valence-corrected chi connectivity index (χ0v) is 10.7. The summed E-state index contributed by atoms with van der Waals surface area (Å²) in [6, 6.07) is 5.49. The van der Waals surface area contributed by atoms with Crippen LogP contribution in [0, 0.1) is 17.7 Å². The van der Waals surface area contributed by atoms with E-state index in [-0.39, 0.29) is 11.9 Å². The van der Waals surface area contributed by atoms with Crippen LogP contribution in [0.25, 0.3) is 0 Å². The van der Waals surface area contributed by atoms with Gasteiger partial charge in [0, 0.05) is 11.6 Å². The average Bonchev–Trinajstić information content (AvgIpc) is 3.04. The Hall–Kier alpha value is -1.09. The third-order valence-electron chi connectivity index (χ3n) is 3.57. The fourth-order valence-corrected chi connectivity index (χ4v) is 2.45. The first-order valence-corrected chi connectivity index (χ1v) is 6.24. The van der Waals surface area contributed by atoms with E-state index >= 15 is 0 Å². The predicted octanol–water partition coefficient (Wildman–Crippen LogP) is 3.14. The molecule has 3 atom stereocenters. The molecule has 3 unspecified atom stereocenters. The van der Waals surface area contributed by atoms with Crippen molar-refractivity contribution in [3.8, 4) is 5.75 Å². The van der Waals surface area contributed by atoms with E-state index in [0.29, 0.717) is 17.6 Å². The van der Waals surface area contributed by atoms with Crippen LogP contribution in [-0.2, 0) is 0 Å². The summed E-state index contributed by atoms with van der Waals surface area (Å²) in [5.41, 5.74) is 0.737. The van der Waals surface area contributed by atoms with Crippen molar-refractivity contribution < 1.29 is 9.13 Å². The van der Waals surface area contributed by atoms with Crippen molar-refractivity contribution in [2.75, 3.05) is 13.7 Å². The second-order valence-electron chi connectivity index (χ2n) is 4.78. The standard InChI is InChI=1S/C14H20FNO/c1-4-16-14(11-8-9(11)2)10-6-5-7-12(17-3)13(10)15/h5-7,9,11,14,16H,4,8H2,1-3H3. The van der Waals surface area contributed by atoms with Crippen molar-refractivity contribution in [2.24, 2.45) is 11.8 Å². The third-order valence-corrected chi connectivity index (χ3v) is 3.57. The van der Waals surface area contributed by atoms with Gasteiger partial charge in [-0.05, 0) is 30.9 Å². The maximum absolute atomic E-state index is 14.2. The van der Waals surface area contributed by atoms with Crippen molar-refractivity contribution in [2.45, 2.75) is 26.3 Å². The van der Waals surface area contributed by atoms with Crippen LogP contribution in [0.1, 0.15) is 31.9 Å². The highest BCUT2D eigenvalue weighted by Crippen LogP contribution is 2.47.